The Kier molecular flexibility index (Phi) is 2.57. The van der Waals surface area contributed by atoms with Crippen LogP contribution in [0.5, 0.6) is 0 Å². The van der Waals surface area contributed by atoms with Crippen molar-refractivity contribution in [3.8, 4) is 22.4 Å². The van der Waals surface area contributed by atoms with Crippen LogP contribution >= 0.6 is 0 Å². The number of aromatic nitrogens is 1. The van der Waals surface area contributed by atoms with Gasteiger partial charge in [0.2, 0.25) is 0 Å². The summed E-state index contributed by atoms with van der Waals surface area (Å²) in [6.07, 6.45) is 0. The molecule has 0 saturated carbocycles. The maximum Gasteiger partial charge on any atom is 0.357 e. The van der Waals surface area contributed by atoms with Gasteiger partial charge in [-0.2, -0.15) is 0 Å². The molecule has 0 bridgehead atoms. The SMILES string of the molecule is O=c1cc(-c2ccc(-c3ccccc3)cc2)[nH]o1. The third-order valence-corrected chi connectivity index (χ3v) is 2.83. The number of H-pyrrole nitrogens is 1. The van der Waals surface area contributed by atoms with E-state index >= 15 is 0 Å². The van der Waals surface area contributed by atoms with E-state index in [2.05, 4.69) is 21.8 Å². The van der Waals surface area contributed by atoms with Crippen molar-refractivity contribution in [1.29, 1.82) is 0 Å². The summed E-state index contributed by atoms with van der Waals surface area (Å²) in [5.41, 5.74) is 3.58. The van der Waals surface area contributed by atoms with Crippen molar-refractivity contribution in [2.75, 3.05) is 0 Å². The molecule has 2 aromatic carbocycles. The Hall–Kier alpha value is -2.55. The number of aromatic amines is 1. The minimum Gasteiger partial charge on any atom is -0.339 e. The van der Waals surface area contributed by atoms with Crippen LogP contribution in [0.1, 0.15) is 0 Å². The largest absolute Gasteiger partial charge is 0.357 e. The first-order valence-corrected chi connectivity index (χ1v) is 5.67. The summed E-state index contributed by atoms with van der Waals surface area (Å²) in [4.78, 5) is 11.0. The van der Waals surface area contributed by atoms with Crippen LogP contribution in [-0.2, 0) is 0 Å². The minimum atomic E-state index is -0.364. The van der Waals surface area contributed by atoms with Crippen LogP contribution in [0.15, 0.2) is 70.0 Å². The fourth-order valence-electron chi connectivity index (χ4n) is 1.90. The summed E-state index contributed by atoms with van der Waals surface area (Å²) < 4.78 is 4.65. The summed E-state index contributed by atoms with van der Waals surface area (Å²) in [6.45, 7) is 0. The summed E-state index contributed by atoms with van der Waals surface area (Å²) in [7, 11) is 0. The topological polar surface area (TPSA) is 46.0 Å². The second-order valence-corrected chi connectivity index (χ2v) is 4.02. The third-order valence-electron chi connectivity index (χ3n) is 2.83. The van der Waals surface area contributed by atoms with E-state index < -0.39 is 0 Å². The number of hydrogen-bond donors (Lipinski definition) is 1. The van der Waals surface area contributed by atoms with Crippen LogP contribution in [0.2, 0.25) is 0 Å². The molecule has 0 atom stereocenters. The molecule has 3 aromatic rings. The highest BCUT2D eigenvalue weighted by atomic mass is 16.5. The molecule has 0 aliphatic heterocycles. The second kappa shape index (κ2) is 4.37. The Labute approximate surface area is 104 Å². The van der Waals surface area contributed by atoms with Crippen molar-refractivity contribution in [2.24, 2.45) is 0 Å². The van der Waals surface area contributed by atoms with E-state index in [4.69, 9.17) is 0 Å². The predicted molar refractivity (Wildman–Crippen MR) is 70.2 cm³/mol. The smallest absolute Gasteiger partial charge is 0.339 e. The van der Waals surface area contributed by atoms with Crippen molar-refractivity contribution < 1.29 is 4.52 Å². The lowest BCUT2D eigenvalue weighted by molar-refractivity contribution is 0.394. The van der Waals surface area contributed by atoms with Gasteiger partial charge in [-0.25, -0.2) is 9.95 Å². The fourth-order valence-corrected chi connectivity index (χ4v) is 1.90. The summed E-state index contributed by atoms with van der Waals surface area (Å²) in [5.74, 6) is 0. The van der Waals surface area contributed by atoms with Crippen molar-refractivity contribution in [3.05, 3.63) is 71.1 Å². The molecule has 0 spiro atoms. The second-order valence-electron chi connectivity index (χ2n) is 4.02. The quantitative estimate of drug-likeness (QED) is 0.743. The highest BCUT2D eigenvalue weighted by Gasteiger charge is 2.02. The molecule has 1 heterocycles. The monoisotopic (exact) mass is 237 g/mol. The van der Waals surface area contributed by atoms with Crippen LogP contribution in [0.4, 0.5) is 0 Å². The molecule has 1 aromatic heterocycles. The fraction of sp³-hybridized carbons (Fsp3) is 0. The number of nitrogens with one attached hydrogen (secondary N) is 1. The highest BCUT2D eigenvalue weighted by Crippen LogP contribution is 2.22. The van der Waals surface area contributed by atoms with Crippen molar-refractivity contribution in [2.45, 2.75) is 0 Å². The van der Waals surface area contributed by atoms with Gasteiger partial charge in [-0.15, -0.1) is 0 Å². The normalized spacial score (nSPS) is 10.4. The lowest BCUT2D eigenvalue weighted by Gasteiger charge is -2.02. The summed E-state index contributed by atoms with van der Waals surface area (Å²) >= 11 is 0. The first-order chi connectivity index (χ1) is 8.83. The third kappa shape index (κ3) is 1.98. The van der Waals surface area contributed by atoms with Crippen LogP contribution in [0, 0.1) is 0 Å². The van der Waals surface area contributed by atoms with Gasteiger partial charge < -0.3 is 4.52 Å². The van der Waals surface area contributed by atoms with E-state index in [1.165, 1.54) is 11.6 Å². The van der Waals surface area contributed by atoms with E-state index in [9.17, 15) is 4.79 Å². The molecule has 1 N–H and O–H groups in total. The van der Waals surface area contributed by atoms with Crippen molar-refractivity contribution in [3.63, 3.8) is 0 Å². The van der Waals surface area contributed by atoms with E-state index in [0.717, 1.165) is 11.1 Å². The molecule has 0 unspecified atom stereocenters. The molecule has 0 radical (unpaired) electrons. The molecule has 18 heavy (non-hydrogen) atoms. The first-order valence-electron chi connectivity index (χ1n) is 5.67. The lowest BCUT2D eigenvalue weighted by Crippen LogP contribution is -1.85. The molecule has 3 heteroatoms. The van der Waals surface area contributed by atoms with Gasteiger partial charge >= 0.3 is 5.63 Å². The van der Waals surface area contributed by atoms with Gasteiger partial charge in [-0.1, -0.05) is 54.6 Å². The average molecular weight is 237 g/mol. The van der Waals surface area contributed by atoms with Crippen molar-refractivity contribution >= 4 is 0 Å². The summed E-state index contributed by atoms with van der Waals surface area (Å²) in [6, 6.07) is 19.6. The Morgan fingerprint density at radius 1 is 0.778 bits per heavy atom. The minimum absolute atomic E-state index is 0.364. The Balaban J connectivity index is 1.97. The van der Waals surface area contributed by atoms with Crippen molar-refractivity contribution in [1.82, 2.24) is 5.16 Å². The maximum atomic E-state index is 11.0. The van der Waals surface area contributed by atoms with Crippen LogP contribution in [-0.4, -0.2) is 5.16 Å². The van der Waals surface area contributed by atoms with Gasteiger partial charge in [0.25, 0.3) is 0 Å². The molecule has 0 aliphatic rings. The highest BCUT2D eigenvalue weighted by molar-refractivity contribution is 5.68. The molecule has 0 amide bonds. The van der Waals surface area contributed by atoms with Crippen LogP contribution in [0.3, 0.4) is 0 Å². The van der Waals surface area contributed by atoms with E-state index in [1.807, 2.05) is 42.5 Å². The number of benzene rings is 2. The van der Waals surface area contributed by atoms with E-state index in [1.54, 1.807) is 0 Å². The Morgan fingerprint density at radius 2 is 1.39 bits per heavy atom. The molecule has 3 rings (SSSR count). The van der Waals surface area contributed by atoms with Gasteiger partial charge in [0.05, 0.1) is 11.8 Å². The zero-order valence-corrected chi connectivity index (χ0v) is 9.59. The van der Waals surface area contributed by atoms with Crippen LogP contribution < -0.4 is 5.63 Å². The molecule has 0 saturated heterocycles. The van der Waals surface area contributed by atoms with Gasteiger partial charge in [-0.3, -0.25) is 0 Å². The lowest BCUT2D eigenvalue weighted by atomic mass is 10.0. The zero-order chi connectivity index (χ0) is 12.4. The standard InChI is InChI=1S/C15H11NO2/c17-15-10-14(16-18-15)13-8-6-12(7-9-13)11-4-2-1-3-5-11/h1-10,16H. The molecular formula is C15H11NO2. The summed E-state index contributed by atoms with van der Waals surface area (Å²) in [5, 5.41) is 2.59. The maximum absolute atomic E-state index is 11.0. The first kappa shape index (κ1) is 10.6. The molecule has 3 nitrogen and oxygen atoms in total. The molecule has 0 aliphatic carbocycles. The Morgan fingerprint density at radius 3 is 2.00 bits per heavy atom. The van der Waals surface area contributed by atoms with Gasteiger partial charge in [0.15, 0.2) is 0 Å². The molecule has 88 valence electrons. The van der Waals surface area contributed by atoms with Gasteiger partial charge in [0.1, 0.15) is 0 Å². The van der Waals surface area contributed by atoms with Gasteiger partial charge in [0, 0.05) is 5.56 Å². The molecule has 0 fully saturated rings. The van der Waals surface area contributed by atoms with E-state index in [0.29, 0.717) is 5.69 Å². The predicted octanol–water partition coefficient (Wildman–Crippen LogP) is 3.30. The molecular weight excluding hydrogens is 226 g/mol. The van der Waals surface area contributed by atoms with E-state index in [-0.39, 0.29) is 5.63 Å². The zero-order valence-electron chi connectivity index (χ0n) is 9.59. The van der Waals surface area contributed by atoms with Gasteiger partial charge in [-0.05, 0) is 11.1 Å². The average Bonchev–Trinajstić information content (AvgIpc) is 2.87. The number of hydrogen-bond acceptors (Lipinski definition) is 2. The number of rotatable bonds is 2. The van der Waals surface area contributed by atoms with Crippen LogP contribution in [0.25, 0.3) is 22.4 Å². The Bertz CT molecular complexity index is 693.